The maximum atomic E-state index is 13.5. The summed E-state index contributed by atoms with van der Waals surface area (Å²) >= 11 is 0. The van der Waals surface area contributed by atoms with Gasteiger partial charge in [-0.15, -0.1) is 0 Å². The van der Waals surface area contributed by atoms with Crippen LogP contribution in [0.15, 0.2) is 77.6 Å². The van der Waals surface area contributed by atoms with E-state index in [1.165, 1.54) is 4.40 Å². The first kappa shape index (κ1) is 16.8. The summed E-state index contributed by atoms with van der Waals surface area (Å²) in [6, 6.07) is 22.5. The minimum atomic E-state index is -0.179. The van der Waals surface area contributed by atoms with Gasteiger partial charge in [-0.2, -0.15) is 0 Å². The first-order valence-corrected chi connectivity index (χ1v) is 8.52. The van der Waals surface area contributed by atoms with Crippen LogP contribution in [0, 0.1) is 0 Å². The predicted molar refractivity (Wildman–Crippen MR) is 105 cm³/mol. The summed E-state index contributed by atoms with van der Waals surface area (Å²) in [5, 5.41) is 0. The van der Waals surface area contributed by atoms with Crippen LogP contribution in [0.1, 0.15) is 0 Å². The molecule has 0 saturated heterocycles. The van der Waals surface area contributed by atoms with Gasteiger partial charge in [-0.3, -0.25) is 4.79 Å². The van der Waals surface area contributed by atoms with Gasteiger partial charge in [0.25, 0.3) is 5.56 Å². The second-order valence-corrected chi connectivity index (χ2v) is 6.00. The minimum absolute atomic E-state index is 0.179. The van der Waals surface area contributed by atoms with Crippen molar-refractivity contribution in [3.8, 4) is 34.0 Å². The molecule has 0 saturated carbocycles. The first-order chi connectivity index (χ1) is 13.2. The molecule has 2 heterocycles. The highest BCUT2D eigenvalue weighted by Gasteiger charge is 2.18. The van der Waals surface area contributed by atoms with Gasteiger partial charge in [0, 0.05) is 5.56 Å². The quantitative estimate of drug-likeness (QED) is 0.552. The Morgan fingerprint density at radius 1 is 0.778 bits per heavy atom. The van der Waals surface area contributed by atoms with E-state index in [4.69, 9.17) is 14.5 Å². The molecule has 0 radical (unpaired) electrons. The largest absolute Gasteiger partial charge is 0.497 e. The molecule has 5 heteroatoms. The van der Waals surface area contributed by atoms with Crippen LogP contribution in [-0.2, 0) is 0 Å². The number of methoxy groups -OCH3 is 2. The zero-order valence-electron chi connectivity index (χ0n) is 15.0. The summed E-state index contributed by atoms with van der Waals surface area (Å²) in [6.07, 6.45) is 0. The second kappa shape index (κ2) is 6.96. The second-order valence-electron chi connectivity index (χ2n) is 6.00. The van der Waals surface area contributed by atoms with Gasteiger partial charge < -0.3 is 9.47 Å². The highest BCUT2D eigenvalue weighted by molar-refractivity contribution is 5.81. The molecule has 2 aromatic heterocycles. The zero-order valence-corrected chi connectivity index (χ0v) is 15.0. The number of hydrogen-bond donors (Lipinski definition) is 0. The van der Waals surface area contributed by atoms with Crippen molar-refractivity contribution in [1.82, 2.24) is 9.38 Å². The van der Waals surface area contributed by atoms with Gasteiger partial charge in [-0.05, 0) is 29.8 Å². The van der Waals surface area contributed by atoms with Gasteiger partial charge in [0.1, 0.15) is 11.4 Å². The molecule has 0 aliphatic rings. The molecule has 0 aliphatic carbocycles. The van der Waals surface area contributed by atoms with Gasteiger partial charge >= 0.3 is 0 Å². The highest BCUT2D eigenvalue weighted by atomic mass is 16.5. The topological polar surface area (TPSA) is 52.8 Å². The van der Waals surface area contributed by atoms with Crippen LogP contribution < -0.4 is 15.0 Å². The summed E-state index contributed by atoms with van der Waals surface area (Å²) in [4.78, 5) is 18.3. The van der Waals surface area contributed by atoms with E-state index in [9.17, 15) is 4.79 Å². The fourth-order valence-electron chi connectivity index (χ4n) is 3.14. The standard InChI is InChI=1S/C22H18N2O3/c1-26-17-13-11-15(12-14-17)20-21(16-7-4-3-5-8-16)23-18-9-6-10-19(27-2)24(18)22(20)25/h3-14H,1-2H3. The van der Waals surface area contributed by atoms with Gasteiger partial charge in [-0.1, -0.05) is 48.5 Å². The first-order valence-electron chi connectivity index (χ1n) is 8.52. The van der Waals surface area contributed by atoms with Crippen LogP contribution in [0.4, 0.5) is 0 Å². The number of ether oxygens (including phenoxy) is 2. The third kappa shape index (κ3) is 2.93. The molecule has 5 nitrogen and oxygen atoms in total. The van der Waals surface area contributed by atoms with Gasteiger partial charge in [0.15, 0.2) is 0 Å². The van der Waals surface area contributed by atoms with Crippen molar-refractivity contribution >= 4 is 5.65 Å². The third-order valence-corrected chi connectivity index (χ3v) is 4.45. The Kier molecular flexibility index (Phi) is 4.34. The van der Waals surface area contributed by atoms with E-state index in [-0.39, 0.29) is 5.56 Å². The molecule has 0 N–H and O–H groups in total. The van der Waals surface area contributed by atoms with Crippen molar-refractivity contribution in [3.05, 3.63) is 83.2 Å². The maximum Gasteiger partial charge on any atom is 0.269 e. The van der Waals surface area contributed by atoms with Crippen LogP contribution in [0.3, 0.4) is 0 Å². The zero-order chi connectivity index (χ0) is 18.8. The molecule has 0 bridgehead atoms. The Morgan fingerprint density at radius 2 is 1.52 bits per heavy atom. The minimum Gasteiger partial charge on any atom is -0.497 e. The van der Waals surface area contributed by atoms with Crippen molar-refractivity contribution in [2.45, 2.75) is 0 Å². The molecule has 0 amide bonds. The van der Waals surface area contributed by atoms with E-state index in [0.717, 1.165) is 16.9 Å². The molecule has 0 spiro atoms. The number of rotatable bonds is 4. The van der Waals surface area contributed by atoms with Crippen molar-refractivity contribution < 1.29 is 9.47 Å². The van der Waals surface area contributed by atoms with Crippen molar-refractivity contribution in [2.24, 2.45) is 0 Å². The molecule has 4 rings (SSSR count). The number of pyridine rings is 1. The summed E-state index contributed by atoms with van der Waals surface area (Å²) in [7, 11) is 3.15. The highest BCUT2D eigenvalue weighted by Crippen LogP contribution is 2.30. The number of hydrogen-bond acceptors (Lipinski definition) is 4. The van der Waals surface area contributed by atoms with E-state index in [2.05, 4.69) is 0 Å². The lowest BCUT2D eigenvalue weighted by Gasteiger charge is -2.14. The van der Waals surface area contributed by atoms with E-state index in [0.29, 0.717) is 22.8 Å². The van der Waals surface area contributed by atoms with Crippen LogP contribution in [-0.4, -0.2) is 23.6 Å². The van der Waals surface area contributed by atoms with E-state index in [1.807, 2.05) is 60.7 Å². The smallest absolute Gasteiger partial charge is 0.269 e. The van der Waals surface area contributed by atoms with Gasteiger partial charge in [0.2, 0.25) is 5.88 Å². The van der Waals surface area contributed by atoms with Crippen LogP contribution >= 0.6 is 0 Å². The monoisotopic (exact) mass is 358 g/mol. The van der Waals surface area contributed by atoms with E-state index in [1.54, 1.807) is 26.4 Å². The lowest BCUT2D eigenvalue weighted by Crippen LogP contribution is -2.20. The van der Waals surface area contributed by atoms with E-state index >= 15 is 0 Å². The fraction of sp³-hybridized carbons (Fsp3) is 0.0909. The van der Waals surface area contributed by atoms with Crippen LogP contribution in [0.25, 0.3) is 28.0 Å². The SMILES string of the molecule is COc1ccc(-c2c(-c3ccccc3)nc3cccc(OC)n3c2=O)cc1. The molecule has 0 aliphatic heterocycles. The molecule has 0 unspecified atom stereocenters. The molecular formula is C22H18N2O3. The number of aromatic nitrogens is 2. The summed E-state index contributed by atoms with van der Waals surface area (Å²) in [5.74, 6) is 1.17. The number of benzene rings is 2. The normalized spacial score (nSPS) is 10.7. The number of nitrogens with zero attached hydrogens (tertiary/aromatic N) is 2. The van der Waals surface area contributed by atoms with Gasteiger partial charge in [-0.25, -0.2) is 9.38 Å². The molecule has 134 valence electrons. The summed E-state index contributed by atoms with van der Waals surface area (Å²) < 4.78 is 12.1. The molecule has 4 aromatic rings. The molecule has 2 aromatic carbocycles. The third-order valence-electron chi connectivity index (χ3n) is 4.45. The van der Waals surface area contributed by atoms with E-state index < -0.39 is 0 Å². The van der Waals surface area contributed by atoms with Gasteiger partial charge in [0.05, 0.1) is 25.5 Å². The average molecular weight is 358 g/mol. The average Bonchev–Trinajstić information content (AvgIpc) is 2.74. The molecular weight excluding hydrogens is 340 g/mol. The lowest BCUT2D eigenvalue weighted by molar-refractivity contribution is 0.390. The predicted octanol–water partition coefficient (Wildman–Crippen LogP) is 4.05. The fourth-order valence-corrected chi connectivity index (χ4v) is 3.14. The maximum absolute atomic E-state index is 13.5. The Morgan fingerprint density at radius 3 is 2.19 bits per heavy atom. The Balaban J connectivity index is 2.09. The Labute approximate surface area is 156 Å². The van der Waals surface area contributed by atoms with Crippen molar-refractivity contribution in [3.63, 3.8) is 0 Å². The summed E-state index contributed by atoms with van der Waals surface area (Å²) in [6.45, 7) is 0. The molecule has 0 fully saturated rings. The molecule has 27 heavy (non-hydrogen) atoms. The molecule has 0 atom stereocenters. The Hall–Kier alpha value is -3.60. The van der Waals surface area contributed by atoms with Crippen molar-refractivity contribution in [2.75, 3.05) is 14.2 Å². The number of fused-ring (bicyclic) bond motifs is 1. The van der Waals surface area contributed by atoms with Crippen molar-refractivity contribution in [1.29, 1.82) is 0 Å². The van der Waals surface area contributed by atoms with Crippen LogP contribution in [0.2, 0.25) is 0 Å². The lowest BCUT2D eigenvalue weighted by atomic mass is 10.00. The summed E-state index contributed by atoms with van der Waals surface area (Å²) in [5.41, 5.74) is 3.17. The van der Waals surface area contributed by atoms with Crippen LogP contribution in [0.5, 0.6) is 11.6 Å². The Bertz CT molecular complexity index is 1150.